The highest BCUT2D eigenvalue weighted by atomic mass is 79.9. The molecule has 0 N–H and O–H groups in total. The standard InChI is InChI=1S/C20H21BrClN3O/c21-16-3-5-18-15(12-16)2-1-9-25(18)20(26)14-7-10-24(11-8-14)19-6-4-17(22)13-23-19/h3-6,12-14H,1-2,7-11H2. The van der Waals surface area contributed by atoms with Gasteiger partial charge in [0.2, 0.25) is 5.91 Å². The van der Waals surface area contributed by atoms with E-state index in [4.69, 9.17) is 11.6 Å². The molecule has 0 radical (unpaired) electrons. The number of aryl methyl sites for hydroxylation is 1. The van der Waals surface area contributed by atoms with Gasteiger partial charge >= 0.3 is 0 Å². The van der Waals surface area contributed by atoms with Crippen LogP contribution in [0.4, 0.5) is 11.5 Å². The minimum Gasteiger partial charge on any atom is -0.357 e. The van der Waals surface area contributed by atoms with E-state index < -0.39 is 0 Å². The molecule has 0 atom stereocenters. The molecule has 0 bridgehead atoms. The van der Waals surface area contributed by atoms with Crippen molar-refractivity contribution in [2.45, 2.75) is 25.7 Å². The third kappa shape index (κ3) is 3.60. The van der Waals surface area contributed by atoms with Crippen molar-refractivity contribution in [2.75, 3.05) is 29.4 Å². The van der Waals surface area contributed by atoms with E-state index in [1.54, 1.807) is 6.20 Å². The normalized spacial score (nSPS) is 17.9. The van der Waals surface area contributed by atoms with Crippen LogP contribution in [0.1, 0.15) is 24.8 Å². The van der Waals surface area contributed by atoms with Crippen molar-refractivity contribution in [1.29, 1.82) is 0 Å². The van der Waals surface area contributed by atoms with Crippen LogP contribution in [0.15, 0.2) is 41.0 Å². The molecule has 3 heterocycles. The Balaban J connectivity index is 1.44. The molecule has 1 amide bonds. The van der Waals surface area contributed by atoms with Gasteiger partial charge in [-0.1, -0.05) is 27.5 Å². The molecule has 2 aliphatic rings. The highest BCUT2D eigenvalue weighted by Crippen LogP contribution is 2.32. The molecule has 0 spiro atoms. The van der Waals surface area contributed by atoms with Crippen LogP contribution >= 0.6 is 27.5 Å². The summed E-state index contributed by atoms with van der Waals surface area (Å²) in [6.45, 7) is 2.53. The highest BCUT2D eigenvalue weighted by molar-refractivity contribution is 9.10. The lowest BCUT2D eigenvalue weighted by molar-refractivity contribution is -0.123. The topological polar surface area (TPSA) is 36.4 Å². The Labute approximate surface area is 167 Å². The molecule has 136 valence electrons. The highest BCUT2D eigenvalue weighted by Gasteiger charge is 2.31. The molecule has 2 aliphatic heterocycles. The van der Waals surface area contributed by atoms with E-state index in [9.17, 15) is 4.79 Å². The van der Waals surface area contributed by atoms with Crippen LogP contribution in [0.5, 0.6) is 0 Å². The van der Waals surface area contributed by atoms with Gasteiger partial charge in [-0.25, -0.2) is 4.98 Å². The van der Waals surface area contributed by atoms with Gasteiger partial charge in [0.15, 0.2) is 0 Å². The van der Waals surface area contributed by atoms with Crippen molar-refractivity contribution >= 4 is 44.9 Å². The molecule has 4 nitrogen and oxygen atoms in total. The Morgan fingerprint density at radius 3 is 2.69 bits per heavy atom. The molecular weight excluding hydrogens is 414 g/mol. The first-order valence-electron chi connectivity index (χ1n) is 9.08. The van der Waals surface area contributed by atoms with E-state index in [-0.39, 0.29) is 11.8 Å². The SMILES string of the molecule is O=C(C1CCN(c2ccc(Cl)cn2)CC1)N1CCCc2cc(Br)ccc21. The molecular formula is C20H21BrClN3O. The Kier molecular flexibility index (Phi) is 5.18. The second-order valence-corrected chi connectivity index (χ2v) is 8.31. The maximum Gasteiger partial charge on any atom is 0.230 e. The zero-order valence-corrected chi connectivity index (χ0v) is 16.8. The Morgan fingerprint density at radius 1 is 1.15 bits per heavy atom. The Hall–Kier alpha value is -1.59. The van der Waals surface area contributed by atoms with Crippen LogP contribution in [-0.2, 0) is 11.2 Å². The lowest BCUT2D eigenvalue weighted by atomic mass is 9.93. The van der Waals surface area contributed by atoms with Gasteiger partial charge in [-0.05, 0) is 61.6 Å². The van der Waals surface area contributed by atoms with Crippen LogP contribution in [0.3, 0.4) is 0 Å². The molecule has 0 unspecified atom stereocenters. The third-order valence-corrected chi connectivity index (χ3v) is 6.02. The minimum atomic E-state index is 0.0909. The van der Waals surface area contributed by atoms with Gasteiger partial charge in [0.05, 0.1) is 5.02 Å². The average Bonchev–Trinajstić information content (AvgIpc) is 2.67. The monoisotopic (exact) mass is 433 g/mol. The van der Waals surface area contributed by atoms with Crippen LogP contribution in [0.2, 0.25) is 5.02 Å². The molecule has 1 fully saturated rings. The predicted molar refractivity (Wildman–Crippen MR) is 109 cm³/mol. The molecule has 1 aromatic heterocycles. The quantitative estimate of drug-likeness (QED) is 0.688. The Morgan fingerprint density at radius 2 is 1.96 bits per heavy atom. The zero-order chi connectivity index (χ0) is 18.1. The van der Waals surface area contributed by atoms with E-state index in [2.05, 4.69) is 37.9 Å². The fraction of sp³-hybridized carbons (Fsp3) is 0.400. The van der Waals surface area contributed by atoms with E-state index in [1.165, 1.54) is 5.56 Å². The largest absolute Gasteiger partial charge is 0.357 e. The first-order valence-corrected chi connectivity index (χ1v) is 10.3. The number of nitrogens with zero attached hydrogens (tertiary/aromatic N) is 3. The smallest absolute Gasteiger partial charge is 0.230 e. The summed E-state index contributed by atoms with van der Waals surface area (Å²) in [4.78, 5) is 21.8. The first-order chi connectivity index (χ1) is 12.6. The number of amides is 1. The number of anilines is 2. The van der Waals surface area contributed by atoms with E-state index in [1.807, 2.05) is 23.1 Å². The number of halogens is 2. The van der Waals surface area contributed by atoms with E-state index in [0.717, 1.165) is 61.3 Å². The van der Waals surface area contributed by atoms with Gasteiger partial charge in [0.1, 0.15) is 5.82 Å². The van der Waals surface area contributed by atoms with Crippen LogP contribution in [-0.4, -0.2) is 30.5 Å². The molecule has 0 aliphatic carbocycles. The predicted octanol–water partition coefficient (Wildman–Crippen LogP) is 4.69. The summed E-state index contributed by atoms with van der Waals surface area (Å²) in [5.74, 6) is 1.30. The fourth-order valence-electron chi connectivity index (χ4n) is 3.93. The molecule has 2 aromatic rings. The van der Waals surface area contributed by atoms with Gasteiger partial charge in [0.25, 0.3) is 0 Å². The number of carbonyl (C=O) groups excluding carboxylic acids is 1. The molecule has 26 heavy (non-hydrogen) atoms. The molecule has 1 saturated heterocycles. The number of fused-ring (bicyclic) bond motifs is 1. The van der Waals surface area contributed by atoms with Crippen LogP contribution < -0.4 is 9.80 Å². The number of piperidine rings is 1. The van der Waals surface area contributed by atoms with Gasteiger partial charge in [-0.2, -0.15) is 0 Å². The second kappa shape index (κ2) is 7.57. The van der Waals surface area contributed by atoms with Gasteiger partial charge in [0, 0.05) is 41.9 Å². The van der Waals surface area contributed by atoms with Gasteiger partial charge < -0.3 is 9.80 Å². The van der Waals surface area contributed by atoms with Crippen molar-refractivity contribution in [3.63, 3.8) is 0 Å². The molecule has 1 aromatic carbocycles. The summed E-state index contributed by atoms with van der Waals surface area (Å²) in [5.41, 5.74) is 2.35. The van der Waals surface area contributed by atoms with Crippen molar-refractivity contribution in [1.82, 2.24) is 4.98 Å². The van der Waals surface area contributed by atoms with E-state index >= 15 is 0 Å². The molecule has 6 heteroatoms. The van der Waals surface area contributed by atoms with Crippen molar-refractivity contribution in [3.8, 4) is 0 Å². The summed E-state index contributed by atoms with van der Waals surface area (Å²) < 4.78 is 1.08. The number of aromatic nitrogens is 1. The van der Waals surface area contributed by atoms with Crippen molar-refractivity contribution in [3.05, 3.63) is 51.6 Å². The number of benzene rings is 1. The summed E-state index contributed by atoms with van der Waals surface area (Å²) in [5, 5.41) is 0.647. The van der Waals surface area contributed by atoms with Crippen LogP contribution in [0.25, 0.3) is 0 Å². The summed E-state index contributed by atoms with van der Waals surface area (Å²) in [6.07, 6.45) is 5.48. The van der Waals surface area contributed by atoms with Crippen molar-refractivity contribution < 1.29 is 4.79 Å². The Bertz CT molecular complexity index is 803. The lowest BCUT2D eigenvalue weighted by Crippen LogP contribution is -2.44. The maximum atomic E-state index is 13.2. The average molecular weight is 435 g/mol. The summed E-state index contributed by atoms with van der Waals surface area (Å²) in [7, 11) is 0. The van der Waals surface area contributed by atoms with Crippen molar-refractivity contribution in [2.24, 2.45) is 5.92 Å². The number of pyridine rings is 1. The third-order valence-electron chi connectivity index (χ3n) is 5.31. The van der Waals surface area contributed by atoms with Gasteiger partial charge in [-0.15, -0.1) is 0 Å². The zero-order valence-electron chi connectivity index (χ0n) is 14.5. The number of hydrogen-bond acceptors (Lipinski definition) is 3. The minimum absolute atomic E-state index is 0.0909. The maximum absolute atomic E-state index is 13.2. The van der Waals surface area contributed by atoms with Gasteiger partial charge in [-0.3, -0.25) is 4.79 Å². The van der Waals surface area contributed by atoms with E-state index in [0.29, 0.717) is 5.02 Å². The lowest BCUT2D eigenvalue weighted by Gasteiger charge is -2.36. The first kappa shape index (κ1) is 17.8. The number of hydrogen-bond donors (Lipinski definition) is 0. The number of rotatable bonds is 2. The molecule has 4 rings (SSSR count). The fourth-order valence-corrected chi connectivity index (χ4v) is 4.45. The summed E-state index contributed by atoms with van der Waals surface area (Å²) in [6, 6.07) is 10.1. The molecule has 0 saturated carbocycles. The summed E-state index contributed by atoms with van der Waals surface area (Å²) >= 11 is 9.45. The van der Waals surface area contributed by atoms with Crippen LogP contribution in [0, 0.1) is 5.92 Å². The number of carbonyl (C=O) groups is 1. The second-order valence-electron chi connectivity index (χ2n) is 6.96.